The number of halogens is 1. The van der Waals surface area contributed by atoms with Crippen LogP contribution < -0.4 is 5.32 Å². The molecule has 2 aromatic rings. The molecule has 8 heteroatoms. The van der Waals surface area contributed by atoms with Crippen LogP contribution in [-0.4, -0.2) is 36.2 Å². The molecule has 27 heavy (non-hydrogen) atoms. The second kappa shape index (κ2) is 8.58. The number of pyridine rings is 1. The Morgan fingerprint density at radius 3 is 2.67 bits per heavy atom. The third-order valence-electron chi connectivity index (χ3n) is 4.61. The van der Waals surface area contributed by atoms with Gasteiger partial charge in [0.15, 0.2) is 0 Å². The van der Waals surface area contributed by atoms with E-state index in [0.717, 1.165) is 30.7 Å². The molecule has 0 spiro atoms. The molecule has 6 nitrogen and oxygen atoms in total. The number of hydrogen-bond acceptors (Lipinski definition) is 4. The molecule has 1 aliphatic heterocycles. The Bertz CT molecular complexity index is 873. The van der Waals surface area contributed by atoms with Crippen LogP contribution in [0.25, 0.3) is 0 Å². The van der Waals surface area contributed by atoms with Gasteiger partial charge in [0, 0.05) is 25.2 Å². The molecule has 1 atom stereocenters. The van der Waals surface area contributed by atoms with Crippen molar-refractivity contribution in [2.24, 2.45) is 0 Å². The predicted octanol–water partition coefficient (Wildman–Crippen LogP) is 2.47. The van der Waals surface area contributed by atoms with E-state index in [1.54, 1.807) is 12.3 Å². The van der Waals surface area contributed by atoms with Gasteiger partial charge in [-0.1, -0.05) is 12.5 Å². The van der Waals surface area contributed by atoms with Crippen molar-refractivity contribution in [1.82, 2.24) is 14.6 Å². The van der Waals surface area contributed by atoms with E-state index >= 15 is 0 Å². The zero-order valence-corrected chi connectivity index (χ0v) is 15.7. The standard InChI is InChI=1S/C19H22FN3O3S/c20-15-7-9-18(10-8-15)27(25,26)23-12-4-2-6-17(23)13-19(24)22-14-16-5-1-3-11-21-16/h1,3,5,7-11,17H,2,4,6,12-14H2,(H,22,24). The van der Waals surface area contributed by atoms with Crippen LogP contribution in [0.15, 0.2) is 53.6 Å². The molecular weight excluding hydrogens is 369 g/mol. The Labute approximate surface area is 158 Å². The Morgan fingerprint density at radius 1 is 1.19 bits per heavy atom. The lowest BCUT2D eigenvalue weighted by atomic mass is 10.0. The molecule has 1 aromatic heterocycles. The van der Waals surface area contributed by atoms with Crippen LogP contribution in [0, 0.1) is 5.82 Å². The highest BCUT2D eigenvalue weighted by Crippen LogP contribution is 2.27. The molecule has 1 fully saturated rings. The average Bonchev–Trinajstić information content (AvgIpc) is 2.68. The van der Waals surface area contributed by atoms with Crippen molar-refractivity contribution in [3.8, 4) is 0 Å². The SMILES string of the molecule is O=C(CC1CCCCN1S(=O)(=O)c1ccc(F)cc1)NCc1ccccn1. The largest absolute Gasteiger partial charge is 0.350 e. The molecule has 1 N–H and O–H groups in total. The topological polar surface area (TPSA) is 79.4 Å². The van der Waals surface area contributed by atoms with Crippen LogP contribution in [0.1, 0.15) is 31.4 Å². The van der Waals surface area contributed by atoms with E-state index in [1.165, 1.54) is 16.4 Å². The Balaban J connectivity index is 1.67. The van der Waals surface area contributed by atoms with Gasteiger partial charge in [0.1, 0.15) is 5.82 Å². The van der Waals surface area contributed by atoms with Gasteiger partial charge in [-0.05, 0) is 49.2 Å². The Morgan fingerprint density at radius 2 is 1.96 bits per heavy atom. The first-order chi connectivity index (χ1) is 13.0. The third kappa shape index (κ3) is 4.90. The first-order valence-electron chi connectivity index (χ1n) is 8.91. The maximum absolute atomic E-state index is 13.1. The summed E-state index contributed by atoms with van der Waals surface area (Å²) in [5, 5.41) is 2.79. The van der Waals surface area contributed by atoms with Crippen molar-refractivity contribution < 1.29 is 17.6 Å². The number of amides is 1. The molecule has 1 unspecified atom stereocenters. The molecule has 0 bridgehead atoms. The van der Waals surface area contributed by atoms with Crippen molar-refractivity contribution in [2.45, 2.75) is 43.2 Å². The lowest BCUT2D eigenvalue weighted by Gasteiger charge is -2.34. The summed E-state index contributed by atoms with van der Waals surface area (Å²) in [4.78, 5) is 16.5. The molecule has 1 saturated heterocycles. The molecule has 0 aliphatic carbocycles. The summed E-state index contributed by atoms with van der Waals surface area (Å²) < 4.78 is 40.4. The van der Waals surface area contributed by atoms with E-state index in [0.29, 0.717) is 19.5 Å². The number of carbonyl (C=O) groups is 1. The van der Waals surface area contributed by atoms with E-state index in [1.807, 2.05) is 12.1 Å². The van der Waals surface area contributed by atoms with Crippen LogP contribution in [-0.2, 0) is 21.4 Å². The number of piperidine rings is 1. The van der Waals surface area contributed by atoms with Gasteiger partial charge in [0.2, 0.25) is 15.9 Å². The van der Waals surface area contributed by atoms with Crippen molar-refractivity contribution in [2.75, 3.05) is 6.54 Å². The van der Waals surface area contributed by atoms with Gasteiger partial charge in [-0.3, -0.25) is 9.78 Å². The number of aromatic nitrogens is 1. The number of nitrogens with zero attached hydrogens (tertiary/aromatic N) is 2. The summed E-state index contributed by atoms with van der Waals surface area (Å²) in [6.07, 6.45) is 3.98. The smallest absolute Gasteiger partial charge is 0.243 e. The second-order valence-corrected chi connectivity index (χ2v) is 8.41. The number of carbonyl (C=O) groups excluding carboxylic acids is 1. The van der Waals surface area contributed by atoms with E-state index in [-0.39, 0.29) is 17.2 Å². The zero-order valence-electron chi connectivity index (χ0n) is 14.8. The minimum Gasteiger partial charge on any atom is -0.350 e. The van der Waals surface area contributed by atoms with Gasteiger partial charge in [-0.2, -0.15) is 4.31 Å². The van der Waals surface area contributed by atoms with Crippen molar-refractivity contribution >= 4 is 15.9 Å². The zero-order chi connectivity index (χ0) is 19.3. The monoisotopic (exact) mass is 391 g/mol. The molecule has 0 radical (unpaired) electrons. The summed E-state index contributed by atoms with van der Waals surface area (Å²) in [6.45, 7) is 0.662. The molecule has 1 amide bonds. The summed E-state index contributed by atoms with van der Waals surface area (Å²) in [5.41, 5.74) is 0.741. The van der Waals surface area contributed by atoms with E-state index < -0.39 is 21.9 Å². The van der Waals surface area contributed by atoms with Gasteiger partial charge in [-0.15, -0.1) is 0 Å². The maximum Gasteiger partial charge on any atom is 0.243 e. The highest BCUT2D eigenvalue weighted by Gasteiger charge is 2.34. The maximum atomic E-state index is 13.1. The first-order valence-corrected chi connectivity index (χ1v) is 10.3. The summed E-state index contributed by atoms with van der Waals surface area (Å²) in [5.74, 6) is -0.704. The quantitative estimate of drug-likeness (QED) is 0.820. The number of hydrogen-bond donors (Lipinski definition) is 1. The first kappa shape index (κ1) is 19.4. The average molecular weight is 391 g/mol. The summed E-state index contributed by atoms with van der Waals surface area (Å²) in [7, 11) is -3.77. The summed E-state index contributed by atoms with van der Waals surface area (Å²) in [6, 6.07) is 9.83. The third-order valence-corrected chi connectivity index (χ3v) is 6.57. The molecule has 0 saturated carbocycles. The van der Waals surface area contributed by atoms with Crippen LogP contribution in [0.4, 0.5) is 4.39 Å². The predicted molar refractivity (Wildman–Crippen MR) is 98.6 cm³/mol. The fourth-order valence-corrected chi connectivity index (χ4v) is 4.91. The van der Waals surface area contributed by atoms with E-state index in [4.69, 9.17) is 0 Å². The Kier molecular flexibility index (Phi) is 6.18. The lowest BCUT2D eigenvalue weighted by Crippen LogP contribution is -2.45. The molecule has 144 valence electrons. The molecule has 3 rings (SSSR count). The van der Waals surface area contributed by atoms with Gasteiger partial charge in [0.05, 0.1) is 17.1 Å². The molecular formula is C19H22FN3O3S. The number of rotatable bonds is 6. The number of benzene rings is 1. The minimum absolute atomic E-state index is 0.0460. The van der Waals surface area contributed by atoms with Crippen molar-refractivity contribution in [1.29, 1.82) is 0 Å². The highest BCUT2D eigenvalue weighted by atomic mass is 32.2. The van der Waals surface area contributed by atoms with Gasteiger partial charge in [-0.25, -0.2) is 12.8 Å². The highest BCUT2D eigenvalue weighted by molar-refractivity contribution is 7.89. The van der Waals surface area contributed by atoms with Crippen LogP contribution >= 0.6 is 0 Å². The lowest BCUT2D eigenvalue weighted by molar-refractivity contribution is -0.122. The van der Waals surface area contributed by atoms with Crippen LogP contribution in [0.5, 0.6) is 0 Å². The Hall–Kier alpha value is -2.32. The van der Waals surface area contributed by atoms with Gasteiger partial charge >= 0.3 is 0 Å². The molecule has 1 aliphatic rings. The second-order valence-electron chi connectivity index (χ2n) is 6.52. The number of sulfonamides is 1. The molecule has 2 heterocycles. The van der Waals surface area contributed by atoms with Gasteiger partial charge in [0.25, 0.3) is 0 Å². The van der Waals surface area contributed by atoms with E-state index in [2.05, 4.69) is 10.3 Å². The van der Waals surface area contributed by atoms with E-state index in [9.17, 15) is 17.6 Å². The van der Waals surface area contributed by atoms with Crippen LogP contribution in [0.2, 0.25) is 0 Å². The minimum atomic E-state index is -3.77. The fraction of sp³-hybridized carbons (Fsp3) is 0.368. The molecule has 1 aromatic carbocycles. The fourth-order valence-electron chi connectivity index (χ4n) is 3.21. The normalized spacial score (nSPS) is 18.2. The van der Waals surface area contributed by atoms with Gasteiger partial charge < -0.3 is 5.32 Å². The van der Waals surface area contributed by atoms with Crippen molar-refractivity contribution in [3.63, 3.8) is 0 Å². The van der Waals surface area contributed by atoms with Crippen LogP contribution in [0.3, 0.4) is 0 Å². The summed E-state index contributed by atoms with van der Waals surface area (Å²) >= 11 is 0. The number of nitrogens with one attached hydrogen (secondary N) is 1. The van der Waals surface area contributed by atoms with Crippen molar-refractivity contribution in [3.05, 3.63) is 60.2 Å².